The van der Waals surface area contributed by atoms with Crippen molar-refractivity contribution in [1.82, 2.24) is 0 Å². The van der Waals surface area contributed by atoms with Crippen LogP contribution in [-0.2, 0) is 16.0 Å². The van der Waals surface area contributed by atoms with Crippen molar-refractivity contribution in [1.29, 1.82) is 0 Å². The fourth-order valence-corrected chi connectivity index (χ4v) is 7.41. The molecule has 4 atom stereocenters. The van der Waals surface area contributed by atoms with Gasteiger partial charge in [-0.2, -0.15) is 0 Å². The lowest BCUT2D eigenvalue weighted by molar-refractivity contribution is -0.171. The van der Waals surface area contributed by atoms with Gasteiger partial charge in [0, 0.05) is 29.4 Å². The average Bonchev–Trinajstić information content (AvgIpc) is 2.99. The first-order valence-electron chi connectivity index (χ1n) is 13.9. The molecule has 6 heteroatoms. The van der Waals surface area contributed by atoms with Gasteiger partial charge in [0.15, 0.2) is 22.8 Å². The van der Waals surface area contributed by atoms with E-state index in [1.165, 1.54) is 0 Å². The molecule has 7 rings (SSSR count). The number of carbonyl (C=O) groups is 2. The number of phenols is 1. The van der Waals surface area contributed by atoms with E-state index in [0.717, 1.165) is 11.1 Å². The minimum absolute atomic E-state index is 0.0322. The smallest absolute Gasteiger partial charge is 0.200 e. The number of hydrogen-bond donors (Lipinski definition) is 1. The number of ketones is 2. The number of rotatable bonds is 4. The predicted molar refractivity (Wildman–Crippen MR) is 149 cm³/mol. The first kappa shape index (κ1) is 26.1. The summed E-state index contributed by atoms with van der Waals surface area (Å²) in [4.78, 5) is 28.6. The summed E-state index contributed by atoms with van der Waals surface area (Å²) in [7, 11) is 0. The Bertz CT molecular complexity index is 1460. The van der Waals surface area contributed by atoms with E-state index in [-0.39, 0.29) is 28.8 Å². The second-order valence-corrected chi connectivity index (χ2v) is 13.3. The van der Waals surface area contributed by atoms with Gasteiger partial charge in [-0.1, -0.05) is 29.4 Å². The van der Waals surface area contributed by atoms with Crippen LogP contribution < -0.4 is 9.47 Å². The van der Waals surface area contributed by atoms with Gasteiger partial charge in [-0.3, -0.25) is 9.59 Å². The first-order valence-corrected chi connectivity index (χ1v) is 13.9. The van der Waals surface area contributed by atoms with E-state index in [4.69, 9.17) is 14.2 Å². The molecule has 1 spiro atoms. The van der Waals surface area contributed by atoms with Crippen molar-refractivity contribution >= 4 is 17.6 Å². The predicted octanol–water partition coefficient (Wildman–Crippen LogP) is 6.45. The van der Waals surface area contributed by atoms with Crippen LogP contribution in [-0.4, -0.2) is 39.1 Å². The van der Waals surface area contributed by atoms with Gasteiger partial charge in [-0.15, -0.1) is 0 Å². The van der Waals surface area contributed by atoms with Crippen LogP contribution in [0.4, 0.5) is 0 Å². The zero-order chi connectivity index (χ0) is 28.3. The standard InChI is InChI=1S/C33H38O6/c1-17(2)9-10-21-27-20(12-13-30(5,6)37-27)25(34)24-26(35)22-15-19-16-23-31(7,8)39-32(29(19)36,14-11-18(3)4)33(22,23)38-28(21)24/h9,11-13,15,19,23,34H,10,14,16H2,1-8H3. The minimum atomic E-state index is -1.34. The average molecular weight is 531 g/mol. The first-order chi connectivity index (χ1) is 18.1. The Balaban J connectivity index is 1.67. The van der Waals surface area contributed by atoms with E-state index in [9.17, 15) is 14.7 Å². The van der Waals surface area contributed by atoms with E-state index >= 15 is 0 Å². The Hall–Kier alpha value is -3.12. The van der Waals surface area contributed by atoms with Crippen molar-refractivity contribution in [3.8, 4) is 17.2 Å². The maximum atomic E-state index is 14.5. The molecule has 3 aliphatic heterocycles. The lowest BCUT2D eigenvalue weighted by Gasteiger charge is -2.56. The van der Waals surface area contributed by atoms with E-state index < -0.39 is 28.3 Å². The zero-order valence-corrected chi connectivity index (χ0v) is 24.2. The van der Waals surface area contributed by atoms with E-state index in [2.05, 4.69) is 6.08 Å². The molecule has 3 aliphatic carbocycles. The molecule has 1 N–H and O–H groups in total. The van der Waals surface area contributed by atoms with Crippen LogP contribution in [0.2, 0.25) is 0 Å². The summed E-state index contributed by atoms with van der Waals surface area (Å²) in [6.07, 6.45) is 10.9. The van der Waals surface area contributed by atoms with Crippen molar-refractivity contribution in [2.24, 2.45) is 11.8 Å². The number of aromatic hydroxyl groups is 1. The summed E-state index contributed by atoms with van der Waals surface area (Å²) in [5, 5.41) is 11.5. The van der Waals surface area contributed by atoms with Crippen LogP contribution >= 0.6 is 0 Å². The Kier molecular flexibility index (Phi) is 5.34. The molecule has 6 aliphatic rings. The summed E-state index contributed by atoms with van der Waals surface area (Å²) in [5.41, 5.74) is -0.00322. The van der Waals surface area contributed by atoms with Gasteiger partial charge in [0.1, 0.15) is 28.4 Å². The molecule has 39 heavy (non-hydrogen) atoms. The summed E-state index contributed by atoms with van der Waals surface area (Å²) < 4.78 is 20.3. The number of allylic oxidation sites excluding steroid dienone is 4. The molecule has 1 aromatic rings. The molecule has 0 aromatic heterocycles. The Morgan fingerprint density at radius 1 is 1.03 bits per heavy atom. The fraction of sp³-hybridized carbons (Fsp3) is 0.515. The van der Waals surface area contributed by atoms with Crippen LogP contribution in [0.3, 0.4) is 0 Å². The second-order valence-electron chi connectivity index (χ2n) is 13.3. The SMILES string of the molecule is CC(C)=CCc1c2c(c(O)c3c1OC14C(=CC5CC1C(C)(C)OC4(CC=C(C)C)C5=O)C3=O)C=CC(C)(C)O2. The third kappa shape index (κ3) is 3.30. The quantitative estimate of drug-likeness (QED) is 0.451. The number of ether oxygens (including phenoxy) is 3. The van der Waals surface area contributed by atoms with Gasteiger partial charge >= 0.3 is 0 Å². The highest BCUT2D eigenvalue weighted by atomic mass is 16.6. The maximum Gasteiger partial charge on any atom is 0.200 e. The Labute approximate surface area is 230 Å². The molecule has 4 unspecified atom stereocenters. The summed E-state index contributed by atoms with van der Waals surface area (Å²) >= 11 is 0. The highest BCUT2D eigenvalue weighted by molar-refractivity contribution is 6.19. The number of hydrogen-bond acceptors (Lipinski definition) is 6. The topological polar surface area (TPSA) is 82.1 Å². The highest BCUT2D eigenvalue weighted by Crippen LogP contribution is 2.68. The van der Waals surface area contributed by atoms with Crippen LogP contribution in [0.1, 0.15) is 89.7 Å². The van der Waals surface area contributed by atoms with E-state index in [1.54, 1.807) is 6.08 Å². The number of benzene rings is 1. The van der Waals surface area contributed by atoms with Crippen molar-refractivity contribution in [2.75, 3.05) is 0 Å². The Morgan fingerprint density at radius 3 is 2.38 bits per heavy atom. The molecule has 1 saturated heterocycles. The number of fused-ring (bicyclic) bond motifs is 2. The van der Waals surface area contributed by atoms with Crippen LogP contribution in [0.25, 0.3) is 6.08 Å². The monoisotopic (exact) mass is 530 g/mol. The molecule has 4 bridgehead atoms. The molecule has 3 heterocycles. The zero-order valence-electron chi connectivity index (χ0n) is 24.2. The third-order valence-corrected chi connectivity index (χ3v) is 9.13. The normalized spacial score (nSPS) is 31.8. The van der Waals surface area contributed by atoms with Gasteiger partial charge in [0.2, 0.25) is 0 Å². The van der Waals surface area contributed by atoms with Gasteiger partial charge in [-0.05, 0) is 80.4 Å². The molecule has 0 amide bonds. The molecule has 2 fully saturated rings. The van der Waals surface area contributed by atoms with Crippen molar-refractivity contribution in [3.05, 3.63) is 57.7 Å². The summed E-state index contributed by atoms with van der Waals surface area (Å²) in [6.45, 7) is 15.9. The van der Waals surface area contributed by atoms with Crippen LogP contribution in [0.5, 0.6) is 17.2 Å². The molecule has 1 saturated carbocycles. The van der Waals surface area contributed by atoms with Crippen LogP contribution in [0.15, 0.2) is 41.0 Å². The third-order valence-electron chi connectivity index (χ3n) is 9.13. The lowest BCUT2D eigenvalue weighted by atomic mass is 9.51. The van der Waals surface area contributed by atoms with Gasteiger partial charge < -0.3 is 19.3 Å². The van der Waals surface area contributed by atoms with E-state index in [1.807, 2.05) is 73.6 Å². The van der Waals surface area contributed by atoms with Crippen molar-refractivity contribution in [3.63, 3.8) is 0 Å². The molecule has 6 nitrogen and oxygen atoms in total. The molecular weight excluding hydrogens is 492 g/mol. The largest absolute Gasteiger partial charge is 0.506 e. The van der Waals surface area contributed by atoms with Crippen LogP contribution in [0, 0.1) is 11.8 Å². The van der Waals surface area contributed by atoms with Gasteiger partial charge in [0.05, 0.1) is 11.2 Å². The molecule has 1 aromatic carbocycles. The van der Waals surface area contributed by atoms with Gasteiger partial charge in [0.25, 0.3) is 0 Å². The van der Waals surface area contributed by atoms with Crippen molar-refractivity contribution in [2.45, 2.75) is 97.1 Å². The summed E-state index contributed by atoms with van der Waals surface area (Å²) in [5.74, 6) is -0.308. The van der Waals surface area contributed by atoms with Crippen molar-refractivity contribution < 1.29 is 28.9 Å². The summed E-state index contributed by atoms with van der Waals surface area (Å²) in [6, 6.07) is 0. The number of phenolic OH excluding ortho intramolecular Hbond substituents is 1. The fourth-order valence-electron chi connectivity index (χ4n) is 7.41. The Morgan fingerprint density at radius 2 is 1.72 bits per heavy atom. The lowest BCUT2D eigenvalue weighted by Crippen LogP contribution is -2.72. The number of Topliss-reactive ketones (excluding diaryl/α,β-unsaturated/α-hetero) is 2. The minimum Gasteiger partial charge on any atom is -0.506 e. The molecular formula is C33H38O6. The number of carbonyl (C=O) groups excluding carboxylic acids is 2. The van der Waals surface area contributed by atoms with Gasteiger partial charge in [-0.25, -0.2) is 0 Å². The second kappa shape index (κ2) is 7.97. The maximum absolute atomic E-state index is 14.5. The van der Waals surface area contributed by atoms with E-state index in [0.29, 0.717) is 47.5 Å². The highest BCUT2D eigenvalue weighted by Gasteiger charge is 2.81. The molecule has 206 valence electrons. The molecule has 0 radical (unpaired) electrons.